The van der Waals surface area contributed by atoms with Crippen LogP contribution in [0.1, 0.15) is 27.2 Å². The van der Waals surface area contributed by atoms with E-state index in [4.69, 9.17) is 9.52 Å². The van der Waals surface area contributed by atoms with E-state index in [1.54, 1.807) is 24.3 Å². The van der Waals surface area contributed by atoms with E-state index >= 15 is 0 Å². The minimum Gasteiger partial charge on any atom is -0.478 e. The molecule has 1 saturated heterocycles. The quantitative estimate of drug-likeness (QED) is 0.573. The second-order valence-corrected chi connectivity index (χ2v) is 7.83. The number of hydrogen-bond acceptors (Lipinski definition) is 5. The van der Waals surface area contributed by atoms with Crippen molar-refractivity contribution in [3.63, 3.8) is 0 Å². The Hall–Kier alpha value is -3.58. The van der Waals surface area contributed by atoms with Gasteiger partial charge >= 0.3 is 5.97 Å². The highest BCUT2D eigenvalue weighted by molar-refractivity contribution is 8.18. The summed E-state index contributed by atoms with van der Waals surface area (Å²) in [6.07, 6.45) is 1.53. The van der Waals surface area contributed by atoms with Crippen molar-refractivity contribution in [3.8, 4) is 11.3 Å². The maximum atomic E-state index is 12.7. The van der Waals surface area contributed by atoms with Crippen molar-refractivity contribution in [2.45, 2.75) is 13.5 Å². The topological polar surface area (TPSA) is 87.8 Å². The van der Waals surface area contributed by atoms with Gasteiger partial charge in [-0.05, 0) is 48.5 Å². The molecule has 0 bridgehead atoms. The van der Waals surface area contributed by atoms with Crippen molar-refractivity contribution in [3.05, 3.63) is 88.0 Å². The van der Waals surface area contributed by atoms with Gasteiger partial charge in [0.25, 0.3) is 11.1 Å². The van der Waals surface area contributed by atoms with E-state index in [0.717, 1.165) is 22.9 Å². The number of carbonyl (C=O) groups is 3. The highest BCUT2D eigenvalue weighted by Crippen LogP contribution is 2.34. The first kappa shape index (κ1) is 19.7. The molecule has 1 aliphatic rings. The number of hydrogen-bond donors (Lipinski definition) is 1. The van der Waals surface area contributed by atoms with E-state index in [9.17, 15) is 14.4 Å². The van der Waals surface area contributed by atoms with E-state index in [-0.39, 0.29) is 28.2 Å². The first-order valence-electron chi connectivity index (χ1n) is 9.15. The molecule has 0 spiro atoms. The maximum Gasteiger partial charge on any atom is 0.335 e. The number of imide groups is 1. The Kier molecular flexibility index (Phi) is 5.29. The Morgan fingerprint density at radius 1 is 1.10 bits per heavy atom. The van der Waals surface area contributed by atoms with Crippen LogP contribution >= 0.6 is 11.8 Å². The number of aromatic carboxylic acids is 1. The number of carboxylic acid groups (broad SMARTS) is 1. The Morgan fingerprint density at radius 2 is 1.87 bits per heavy atom. The van der Waals surface area contributed by atoms with Gasteiger partial charge in [0.1, 0.15) is 11.5 Å². The van der Waals surface area contributed by atoms with E-state index < -0.39 is 5.97 Å². The molecule has 1 aliphatic heterocycles. The molecular formula is C23H17NO5S. The van der Waals surface area contributed by atoms with E-state index in [1.807, 2.05) is 31.2 Å². The minimum atomic E-state index is -1.02. The van der Waals surface area contributed by atoms with Crippen molar-refractivity contribution in [1.82, 2.24) is 4.90 Å². The Labute approximate surface area is 176 Å². The fourth-order valence-corrected chi connectivity index (χ4v) is 3.85. The fraction of sp³-hybridized carbons (Fsp3) is 0.0870. The average Bonchev–Trinajstić information content (AvgIpc) is 3.30. The zero-order chi connectivity index (χ0) is 21.3. The summed E-state index contributed by atoms with van der Waals surface area (Å²) in [5, 5.41) is 8.81. The molecule has 2 aromatic carbocycles. The molecule has 30 heavy (non-hydrogen) atoms. The highest BCUT2D eigenvalue weighted by atomic mass is 32.2. The third-order valence-electron chi connectivity index (χ3n) is 4.63. The number of furan rings is 1. The van der Waals surface area contributed by atoms with Gasteiger partial charge in [-0.1, -0.05) is 42.0 Å². The van der Waals surface area contributed by atoms with Gasteiger partial charge in [-0.25, -0.2) is 4.79 Å². The molecule has 0 saturated carbocycles. The van der Waals surface area contributed by atoms with Gasteiger partial charge in [-0.3, -0.25) is 14.5 Å². The number of nitrogens with zero attached hydrogens (tertiary/aromatic N) is 1. The van der Waals surface area contributed by atoms with Crippen LogP contribution in [0.4, 0.5) is 4.79 Å². The van der Waals surface area contributed by atoms with Crippen molar-refractivity contribution in [2.24, 2.45) is 0 Å². The van der Waals surface area contributed by atoms with Crippen molar-refractivity contribution in [1.29, 1.82) is 0 Å². The summed E-state index contributed by atoms with van der Waals surface area (Å²) < 4.78 is 5.75. The largest absolute Gasteiger partial charge is 0.478 e. The molecule has 0 aliphatic carbocycles. The van der Waals surface area contributed by atoms with Crippen LogP contribution in [0.25, 0.3) is 17.4 Å². The van der Waals surface area contributed by atoms with Crippen LogP contribution in [0.5, 0.6) is 0 Å². The lowest BCUT2D eigenvalue weighted by molar-refractivity contribution is -0.123. The summed E-state index contributed by atoms with van der Waals surface area (Å²) >= 11 is 0.871. The van der Waals surface area contributed by atoms with Crippen LogP contribution < -0.4 is 0 Å². The van der Waals surface area contributed by atoms with Crippen LogP contribution in [0, 0.1) is 6.92 Å². The third-order valence-corrected chi connectivity index (χ3v) is 5.54. The number of rotatable bonds is 5. The zero-order valence-electron chi connectivity index (χ0n) is 16.0. The van der Waals surface area contributed by atoms with Crippen molar-refractivity contribution >= 4 is 35.0 Å². The average molecular weight is 419 g/mol. The summed E-state index contributed by atoms with van der Waals surface area (Å²) in [5.41, 5.74) is 2.75. The molecule has 3 aromatic rings. The molecule has 0 radical (unpaired) electrons. The van der Waals surface area contributed by atoms with E-state index in [2.05, 4.69) is 0 Å². The third kappa shape index (κ3) is 4.06. The van der Waals surface area contributed by atoms with Crippen LogP contribution in [0.3, 0.4) is 0 Å². The molecular weight excluding hydrogens is 402 g/mol. The van der Waals surface area contributed by atoms with Crippen molar-refractivity contribution in [2.75, 3.05) is 0 Å². The van der Waals surface area contributed by atoms with Crippen LogP contribution in [-0.4, -0.2) is 27.1 Å². The van der Waals surface area contributed by atoms with Gasteiger partial charge in [0, 0.05) is 11.6 Å². The number of carbonyl (C=O) groups excluding carboxylic acids is 2. The number of carboxylic acids is 1. The van der Waals surface area contributed by atoms with Gasteiger partial charge in [0.15, 0.2) is 0 Å². The summed E-state index contributed by atoms with van der Waals surface area (Å²) in [7, 11) is 0. The molecule has 2 heterocycles. The molecule has 0 unspecified atom stereocenters. The maximum absolute atomic E-state index is 12.7. The molecule has 6 nitrogen and oxygen atoms in total. The summed E-state index contributed by atoms with van der Waals surface area (Å²) in [6.45, 7) is 2.19. The molecule has 7 heteroatoms. The summed E-state index contributed by atoms with van der Waals surface area (Å²) in [4.78, 5) is 37.7. The normalized spacial score (nSPS) is 15.2. The fourth-order valence-electron chi connectivity index (χ4n) is 3.03. The minimum absolute atomic E-state index is 0.155. The number of aryl methyl sites for hydroxylation is 1. The van der Waals surface area contributed by atoms with E-state index in [1.165, 1.54) is 23.1 Å². The van der Waals surface area contributed by atoms with Crippen LogP contribution in [0.2, 0.25) is 0 Å². The second kappa shape index (κ2) is 8.04. The summed E-state index contributed by atoms with van der Waals surface area (Å²) in [6, 6.07) is 17.4. The first-order chi connectivity index (χ1) is 14.4. The van der Waals surface area contributed by atoms with Gasteiger partial charge < -0.3 is 9.52 Å². The van der Waals surface area contributed by atoms with Crippen molar-refractivity contribution < 1.29 is 23.9 Å². The zero-order valence-corrected chi connectivity index (χ0v) is 16.8. The Bertz CT molecular complexity index is 1180. The lowest BCUT2D eigenvalue weighted by Crippen LogP contribution is -2.27. The van der Waals surface area contributed by atoms with Gasteiger partial charge in [0.05, 0.1) is 17.0 Å². The molecule has 4 rings (SSSR count). The predicted octanol–water partition coefficient (Wildman–Crippen LogP) is 5.19. The number of thioether (sulfide) groups is 1. The standard InChI is InChI=1S/C23H17NO5S/c1-14-5-7-15(8-6-14)13-24-21(25)20(30-23(24)28)12-18-9-10-19(29-18)16-3-2-4-17(11-16)22(26)27/h2-12H,13H2,1H3,(H,26,27)/b20-12+. The number of benzene rings is 2. The van der Waals surface area contributed by atoms with Gasteiger partial charge in [0.2, 0.25) is 0 Å². The smallest absolute Gasteiger partial charge is 0.335 e. The van der Waals surface area contributed by atoms with Crippen LogP contribution in [0.15, 0.2) is 70.0 Å². The molecule has 1 N–H and O–H groups in total. The molecule has 1 aromatic heterocycles. The second-order valence-electron chi connectivity index (χ2n) is 6.84. The molecule has 150 valence electrons. The number of amides is 2. The molecule has 0 atom stereocenters. The Morgan fingerprint density at radius 3 is 2.60 bits per heavy atom. The summed E-state index contributed by atoms with van der Waals surface area (Å²) in [5.74, 6) is -0.503. The Balaban J connectivity index is 1.53. The highest BCUT2D eigenvalue weighted by Gasteiger charge is 2.35. The van der Waals surface area contributed by atoms with E-state index in [0.29, 0.717) is 17.1 Å². The van der Waals surface area contributed by atoms with Crippen LogP contribution in [-0.2, 0) is 11.3 Å². The SMILES string of the molecule is Cc1ccc(CN2C(=O)S/C(=C/c3ccc(-c4cccc(C(=O)O)c4)o3)C2=O)cc1. The lowest BCUT2D eigenvalue weighted by atomic mass is 10.1. The molecule has 2 amide bonds. The van der Waals surface area contributed by atoms with Gasteiger partial charge in [-0.15, -0.1) is 0 Å². The first-order valence-corrected chi connectivity index (χ1v) is 9.97. The predicted molar refractivity (Wildman–Crippen MR) is 114 cm³/mol. The monoisotopic (exact) mass is 419 g/mol. The lowest BCUT2D eigenvalue weighted by Gasteiger charge is -2.12. The molecule has 1 fully saturated rings. The van der Waals surface area contributed by atoms with Gasteiger partial charge in [-0.2, -0.15) is 0 Å².